The number of fused-ring (bicyclic) bond motifs is 1. The summed E-state index contributed by atoms with van der Waals surface area (Å²) >= 11 is 0. The molecular formula is C21H19N5O4. The molecule has 1 amide bonds. The summed E-state index contributed by atoms with van der Waals surface area (Å²) in [6.07, 6.45) is 2.79. The summed E-state index contributed by atoms with van der Waals surface area (Å²) < 4.78 is 13.2. The molecule has 1 N–H and O–H groups in total. The Hall–Kier alpha value is -4.14. The van der Waals surface area contributed by atoms with Crippen LogP contribution in [0.1, 0.15) is 0 Å². The zero-order chi connectivity index (χ0) is 21.1. The third kappa shape index (κ3) is 3.60. The number of rotatable bonds is 6. The zero-order valence-corrected chi connectivity index (χ0v) is 16.4. The van der Waals surface area contributed by atoms with Gasteiger partial charge in [0.1, 0.15) is 29.8 Å². The third-order valence-electron chi connectivity index (χ3n) is 4.57. The molecule has 2 aromatic carbocycles. The van der Waals surface area contributed by atoms with Crippen molar-refractivity contribution in [1.29, 1.82) is 0 Å². The predicted molar refractivity (Wildman–Crippen MR) is 111 cm³/mol. The minimum Gasteiger partial charge on any atom is -0.497 e. The Kier molecular flexibility index (Phi) is 5.17. The average Bonchev–Trinajstić information content (AvgIpc) is 3.21. The maximum atomic E-state index is 12.8. The van der Waals surface area contributed by atoms with Gasteiger partial charge in [0.15, 0.2) is 5.65 Å². The molecule has 4 rings (SSSR count). The van der Waals surface area contributed by atoms with Gasteiger partial charge in [-0.2, -0.15) is 5.10 Å². The van der Waals surface area contributed by atoms with Crippen LogP contribution in [0.25, 0.3) is 16.7 Å². The molecule has 2 heterocycles. The number of methoxy groups -OCH3 is 2. The van der Waals surface area contributed by atoms with Crippen LogP contribution >= 0.6 is 0 Å². The van der Waals surface area contributed by atoms with E-state index < -0.39 is 0 Å². The van der Waals surface area contributed by atoms with Crippen LogP contribution in [0.2, 0.25) is 0 Å². The van der Waals surface area contributed by atoms with Gasteiger partial charge >= 0.3 is 0 Å². The molecule has 30 heavy (non-hydrogen) atoms. The number of ether oxygens (including phenoxy) is 2. The molecule has 0 aliphatic carbocycles. The highest BCUT2D eigenvalue weighted by molar-refractivity contribution is 5.92. The van der Waals surface area contributed by atoms with E-state index in [4.69, 9.17) is 9.47 Å². The van der Waals surface area contributed by atoms with Crippen molar-refractivity contribution in [2.75, 3.05) is 19.5 Å². The molecule has 0 aliphatic heterocycles. The molecule has 4 aromatic rings. The molecule has 9 heteroatoms. The zero-order valence-electron chi connectivity index (χ0n) is 16.4. The van der Waals surface area contributed by atoms with E-state index in [1.165, 1.54) is 24.2 Å². The van der Waals surface area contributed by atoms with Gasteiger partial charge in [-0.15, -0.1) is 0 Å². The summed E-state index contributed by atoms with van der Waals surface area (Å²) in [7, 11) is 3.11. The smallest absolute Gasteiger partial charge is 0.264 e. The molecule has 0 saturated carbocycles. The number of carbonyl (C=O) groups excluding carboxylic acids is 1. The minimum absolute atomic E-state index is 0.187. The van der Waals surface area contributed by atoms with Crippen LogP contribution in [-0.4, -0.2) is 39.5 Å². The number of aromatic nitrogens is 4. The van der Waals surface area contributed by atoms with Crippen LogP contribution in [0.5, 0.6) is 11.5 Å². The van der Waals surface area contributed by atoms with Crippen LogP contribution < -0.4 is 20.3 Å². The van der Waals surface area contributed by atoms with Crippen LogP contribution in [-0.2, 0) is 11.3 Å². The number of benzene rings is 2. The first-order valence-electron chi connectivity index (χ1n) is 9.11. The topological polar surface area (TPSA) is 100 Å². The van der Waals surface area contributed by atoms with Gasteiger partial charge in [-0.05, 0) is 36.4 Å². The number of anilines is 1. The van der Waals surface area contributed by atoms with E-state index in [9.17, 15) is 9.59 Å². The van der Waals surface area contributed by atoms with Gasteiger partial charge in [0.05, 0.1) is 31.8 Å². The molecule has 0 atom stereocenters. The number of nitrogens with zero attached hydrogens (tertiary/aromatic N) is 4. The number of hydrogen-bond donors (Lipinski definition) is 1. The number of nitrogens with one attached hydrogen (secondary N) is 1. The van der Waals surface area contributed by atoms with Crippen molar-refractivity contribution >= 4 is 22.6 Å². The fourth-order valence-corrected chi connectivity index (χ4v) is 3.07. The SMILES string of the molecule is COc1ccc(-n2ncc3c(=O)n(CC(=O)Nc4ccccc4OC)cnc32)cc1. The molecule has 0 aliphatic rings. The highest BCUT2D eigenvalue weighted by atomic mass is 16.5. The van der Waals surface area contributed by atoms with Gasteiger partial charge in [-0.3, -0.25) is 14.2 Å². The largest absolute Gasteiger partial charge is 0.497 e. The van der Waals surface area contributed by atoms with Crippen molar-refractivity contribution in [3.05, 3.63) is 71.4 Å². The molecular weight excluding hydrogens is 386 g/mol. The standard InChI is InChI=1S/C21H19N5O4/c1-29-15-9-7-14(8-10-15)26-20-16(11-23-26)21(28)25(13-22-20)12-19(27)24-17-5-3-4-6-18(17)30-2/h3-11,13H,12H2,1-2H3,(H,24,27). The van der Waals surface area contributed by atoms with Crippen LogP contribution in [0.15, 0.2) is 65.8 Å². The number of para-hydroxylation sites is 2. The summed E-state index contributed by atoms with van der Waals surface area (Å²) in [6.45, 7) is -0.187. The van der Waals surface area contributed by atoms with Crippen molar-refractivity contribution in [2.45, 2.75) is 6.54 Å². The molecule has 9 nitrogen and oxygen atoms in total. The second kappa shape index (κ2) is 8.08. The van der Waals surface area contributed by atoms with Crippen molar-refractivity contribution in [1.82, 2.24) is 19.3 Å². The molecule has 0 radical (unpaired) electrons. The van der Waals surface area contributed by atoms with Gasteiger partial charge < -0.3 is 14.8 Å². The van der Waals surface area contributed by atoms with Crippen molar-refractivity contribution < 1.29 is 14.3 Å². The fraction of sp³-hybridized carbons (Fsp3) is 0.143. The van der Waals surface area contributed by atoms with Crippen molar-refractivity contribution in [3.63, 3.8) is 0 Å². The highest BCUT2D eigenvalue weighted by Crippen LogP contribution is 2.23. The molecule has 152 valence electrons. The Morgan fingerprint density at radius 2 is 1.83 bits per heavy atom. The molecule has 0 unspecified atom stereocenters. The number of carbonyl (C=O) groups is 1. The third-order valence-corrected chi connectivity index (χ3v) is 4.57. The first-order chi connectivity index (χ1) is 14.6. The molecule has 0 saturated heterocycles. The summed E-state index contributed by atoms with van der Waals surface area (Å²) in [4.78, 5) is 29.6. The average molecular weight is 405 g/mol. The lowest BCUT2D eigenvalue weighted by molar-refractivity contribution is -0.116. The monoisotopic (exact) mass is 405 g/mol. The Balaban J connectivity index is 1.59. The first kappa shape index (κ1) is 19.2. The summed E-state index contributed by atoms with van der Waals surface area (Å²) in [5.41, 5.74) is 1.32. The molecule has 0 fully saturated rings. The quantitative estimate of drug-likeness (QED) is 0.528. The maximum absolute atomic E-state index is 12.8. The minimum atomic E-state index is -0.370. The summed E-state index contributed by atoms with van der Waals surface area (Å²) in [5.74, 6) is 0.879. The van der Waals surface area contributed by atoms with Crippen LogP contribution in [0.3, 0.4) is 0 Å². The van der Waals surface area contributed by atoms with Crippen LogP contribution in [0.4, 0.5) is 5.69 Å². The van der Waals surface area contributed by atoms with E-state index >= 15 is 0 Å². The molecule has 0 bridgehead atoms. The van der Waals surface area contributed by atoms with Gasteiger partial charge in [0, 0.05) is 0 Å². The first-order valence-corrected chi connectivity index (χ1v) is 9.11. The van der Waals surface area contributed by atoms with Crippen LogP contribution in [0, 0.1) is 0 Å². The Morgan fingerprint density at radius 1 is 1.07 bits per heavy atom. The predicted octanol–water partition coefficient (Wildman–Crippen LogP) is 2.24. The van der Waals surface area contributed by atoms with E-state index in [2.05, 4.69) is 15.4 Å². The second-order valence-corrected chi connectivity index (χ2v) is 6.42. The lowest BCUT2D eigenvalue weighted by atomic mass is 10.3. The van der Waals surface area contributed by atoms with Gasteiger partial charge in [-0.1, -0.05) is 12.1 Å². The number of amides is 1. The molecule has 2 aromatic heterocycles. The lowest BCUT2D eigenvalue weighted by Gasteiger charge is -2.10. The van der Waals surface area contributed by atoms with E-state index in [-0.39, 0.29) is 18.0 Å². The van der Waals surface area contributed by atoms with Gasteiger partial charge in [0.2, 0.25) is 5.91 Å². The summed E-state index contributed by atoms with van der Waals surface area (Å²) in [5, 5.41) is 7.34. The van der Waals surface area contributed by atoms with Crippen molar-refractivity contribution in [3.8, 4) is 17.2 Å². The normalized spacial score (nSPS) is 10.7. The van der Waals surface area contributed by atoms with Crippen molar-refractivity contribution in [2.24, 2.45) is 0 Å². The Bertz CT molecular complexity index is 1260. The Labute approximate surface area is 171 Å². The Morgan fingerprint density at radius 3 is 2.57 bits per heavy atom. The van der Waals surface area contributed by atoms with E-state index in [0.29, 0.717) is 28.2 Å². The van der Waals surface area contributed by atoms with Gasteiger partial charge in [-0.25, -0.2) is 9.67 Å². The second-order valence-electron chi connectivity index (χ2n) is 6.42. The molecule has 0 spiro atoms. The maximum Gasteiger partial charge on any atom is 0.264 e. The summed E-state index contributed by atoms with van der Waals surface area (Å²) in [6, 6.07) is 14.3. The van der Waals surface area contributed by atoms with E-state index in [0.717, 1.165) is 5.69 Å². The lowest BCUT2D eigenvalue weighted by Crippen LogP contribution is -2.28. The number of hydrogen-bond acceptors (Lipinski definition) is 6. The highest BCUT2D eigenvalue weighted by Gasteiger charge is 2.14. The van der Waals surface area contributed by atoms with E-state index in [1.807, 2.05) is 12.1 Å². The van der Waals surface area contributed by atoms with Gasteiger partial charge in [0.25, 0.3) is 5.56 Å². The van der Waals surface area contributed by atoms with E-state index in [1.54, 1.807) is 48.2 Å². The fourth-order valence-electron chi connectivity index (χ4n) is 3.07.